The van der Waals surface area contributed by atoms with Crippen LogP contribution in [-0.4, -0.2) is 45.6 Å². The van der Waals surface area contributed by atoms with Crippen molar-refractivity contribution in [3.63, 3.8) is 0 Å². The van der Waals surface area contributed by atoms with Gasteiger partial charge < -0.3 is 14.5 Å². The van der Waals surface area contributed by atoms with Crippen LogP contribution in [0.4, 0.5) is 5.69 Å². The summed E-state index contributed by atoms with van der Waals surface area (Å²) in [5.74, 6) is 0.783. The molecule has 4 rings (SSSR count). The normalized spacial score (nSPS) is 15.0. The van der Waals surface area contributed by atoms with Crippen LogP contribution in [0.3, 0.4) is 0 Å². The molecule has 1 aliphatic rings. The molecule has 0 saturated carbocycles. The highest BCUT2D eigenvalue weighted by Gasteiger charge is 2.27. The smallest absolute Gasteiger partial charge is 0.212 e. The first-order valence-corrected chi connectivity index (χ1v) is 9.92. The van der Waals surface area contributed by atoms with Crippen LogP contribution in [0.1, 0.15) is 22.8 Å². The number of carbonyl (C=O) groups is 1. The van der Waals surface area contributed by atoms with E-state index in [2.05, 4.69) is 28.9 Å². The number of fused-ring (bicyclic) bond motifs is 1. The molecule has 0 amide bonds. The molecule has 2 aromatic carbocycles. The number of pyridine rings is 1. The lowest BCUT2D eigenvalue weighted by Crippen LogP contribution is -3.14. The van der Waals surface area contributed by atoms with Crippen molar-refractivity contribution in [3.05, 3.63) is 65.9 Å². The lowest BCUT2D eigenvalue weighted by atomic mass is 9.99. The summed E-state index contributed by atoms with van der Waals surface area (Å²) in [7, 11) is 1.63. The van der Waals surface area contributed by atoms with Crippen LogP contribution >= 0.6 is 0 Å². The Balaban J connectivity index is 1.78. The first-order chi connectivity index (χ1) is 13.7. The zero-order valence-corrected chi connectivity index (χ0v) is 16.5. The van der Waals surface area contributed by atoms with Gasteiger partial charge in [0.25, 0.3) is 0 Å². The Bertz CT molecular complexity index is 977. The predicted octanol–water partition coefficient (Wildman–Crippen LogP) is 1.62. The number of benzene rings is 2. The summed E-state index contributed by atoms with van der Waals surface area (Å²) in [6.07, 6.45) is 1.86. The Morgan fingerprint density at radius 2 is 1.82 bits per heavy atom. The summed E-state index contributed by atoms with van der Waals surface area (Å²) in [5, 5.41) is 1.10. The number of likely N-dealkylation sites (N-methyl/N-ethyl adjacent to an activating group) is 1. The molecule has 1 aliphatic heterocycles. The quantitative estimate of drug-likeness (QED) is 0.688. The lowest BCUT2D eigenvalue weighted by Gasteiger charge is -2.34. The Kier molecular flexibility index (Phi) is 5.26. The van der Waals surface area contributed by atoms with E-state index in [1.54, 1.807) is 12.0 Å². The van der Waals surface area contributed by atoms with Crippen LogP contribution in [0.15, 0.2) is 54.7 Å². The number of nitrogens with one attached hydrogen (secondary N) is 2. The number of para-hydroxylation sites is 1. The molecule has 0 atom stereocenters. The average molecular weight is 377 g/mol. The Morgan fingerprint density at radius 1 is 1.11 bits per heavy atom. The lowest BCUT2D eigenvalue weighted by molar-refractivity contribution is -0.898. The van der Waals surface area contributed by atoms with Crippen molar-refractivity contribution in [1.29, 1.82) is 0 Å². The van der Waals surface area contributed by atoms with E-state index in [1.165, 1.54) is 0 Å². The molecule has 1 saturated heterocycles. The SMILES string of the molecule is CC[NH+]1CCN(c2c(C(=O)c3ccc(OC)cc3)c[nH+]c3ccccc23)CC1. The first-order valence-electron chi connectivity index (χ1n) is 9.92. The summed E-state index contributed by atoms with van der Waals surface area (Å²) in [6, 6.07) is 15.6. The van der Waals surface area contributed by atoms with Gasteiger partial charge in [-0.2, -0.15) is 0 Å². The second kappa shape index (κ2) is 7.98. The molecule has 2 N–H and O–H groups in total. The molecular weight excluding hydrogens is 350 g/mol. The van der Waals surface area contributed by atoms with Gasteiger partial charge in [0.15, 0.2) is 6.20 Å². The van der Waals surface area contributed by atoms with Crippen LogP contribution < -0.4 is 19.5 Å². The molecule has 2 heterocycles. The van der Waals surface area contributed by atoms with Gasteiger partial charge in [0.2, 0.25) is 11.3 Å². The van der Waals surface area contributed by atoms with Crippen LogP contribution in [0.2, 0.25) is 0 Å². The van der Waals surface area contributed by atoms with Crippen LogP contribution in [0, 0.1) is 0 Å². The molecule has 144 valence electrons. The number of aromatic nitrogens is 1. The molecule has 3 aromatic rings. The number of nitrogens with zero attached hydrogens (tertiary/aromatic N) is 1. The van der Waals surface area contributed by atoms with Gasteiger partial charge in [-0.1, -0.05) is 12.1 Å². The maximum Gasteiger partial charge on any atom is 0.212 e. The zero-order chi connectivity index (χ0) is 19.5. The number of rotatable bonds is 5. The standard InChI is InChI=1S/C23H25N3O2/c1-3-25-12-14-26(15-13-25)22-19-6-4-5-7-21(19)24-16-20(22)23(27)17-8-10-18(28-2)11-9-17/h4-11,16H,3,12-15H2,1-2H3/p+2. The van der Waals surface area contributed by atoms with Crippen molar-refractivity contribution >= 4 is 22.4 Å². The van der Waals surface area contributed by atoms with E-state index in [4.69, 9.17) is 4.74 Å². The highest BCUT2D eigenvalue weighted by atomic mass is 16.5. The van der Waals surface area contributed by atoms with Gasteiger partial charge in [0.1, 0.15) is 11.3 Å². The zero-order valence-electron chi connectivity index (χ0n) is 16.5. The molecule has 0 aliphatic carbocycles. The van der Waals surface area contributed by atoms with Crippen LogP contribution in [-0.2, 0) is 0 Å². The van der Waals surface area contributed by atoms with Crippen molar-refractivity contribution < 1.29 is 19.4 Å². The van der Waals surface area contributed by atoms with Crippen molar-refractivity contribution in [2.45, 2.75) is 6.92 Å². The highest BCUT2D eigenvalue weighted by Crippen LogP contribution is 2.30. The van der Waals surface area contributed by atoms with E-state index in [0.29, 0.717) is 5.56 Å². The minimum absolute atomic E-state index is 0.0323. The van der Waals surface area contributed by atoms with Crippen molar-refractivity contribution in [1.82, 2.24) is 0 Å². The van der Waals surface area contributed by atoms with Gasteiger partial charge in [-0.15, -0.1) is 0 Å². The molecular formula is C23H27N3O2+2. The molecule has 5 heteroatoms. The Labute approximate surface area is 165 Å². The van der Waals surface area contributed by atoms with Gasteiger partial charge >= 0.3 is 0 Å². The van der Waals surface area contributed by atoms with Gasteiger partial charge in [-0.25, -0.2) is 4.98 Å². The van der Waals surface area contributed by atoms with Gasteiger partial charge in [0.05, 0.1) is 50.9 Å². The monoisotopic (exact) mass is 377 g/mol. The number of piperazine rings is 1. The van der Waals surface area contributed by atoms with Gasteiger partial charge in [-0.3, -0.25) is 4.79 Å². The molecule has 1 aromatic heterocycles. The topological polar surface area (TPSA) is 48.1 Å². The molecule has 0 radical (unpaired) electrons. The van der Waals surface area contributed by atoms with Crippen LogP contribution in [0.25, 0.3) is 10.9 Å². The van der Waals surface area contributed by atoms with Gasteiger partial charge in [-0.05, 0) is 37.3 Å². The maximum absolute atomic E-state index is 13.4. The van der Waals surface area contributed by atoms with E-state index in [-0.39, 0.29) is 5.78 Å². The second-order valence-electron chi connectivity index (χ2n) is 7.24. The van der Waals surface area contributed by atoms with E-state index >= 15 is 0 Å². The summed E-state index contributed by atoms with van der Waals surface area (Å²) in [5.41, 5.74) is 3.49. The summed E-state index contributed by atoms with van der Waals surface area (Å²) in [6.45, 7) is 7.49. The van der Waals surface area contributed by atoms with Crippen molar-refractivity contribution in [2.24, 2.45) is 0 Å². The van der Waals surface area contributed by atoms with E-state index in [1.807, 2.05) is 42.6 Å². The fraction of sp³-hybridized carbons (Fsp3) is 0.304. The fourth-order valence-corrected chi connectivity index (χ4v) is 3.99. The molecule has 0 bridgehead atoms. The number of H-pyrrole nitrogens is 1. The van der Waals surface area contributed by atoms with E-state index < -0.39 is 0 Å². The number of anilines is 1. The number of ketones is 1. The third-order valence-electron chi connectivity index (χ3n) is 5.69. The summed E-state index contributed by atoms with van der Waals surface area (Å²) < 4.78 is 5.22. The third-order valence-corrected chi connectivity index (χ3v) is 5.69. The molecule has 0 spiro atoms. The third kappa shape index (κ3) is 3.45. The highest BCUT2D eigenvalue weighted by molar-refractivity contribution is 6.15. The largest absolute Gasteiger partial charge is 0.497 e. The van der Waals surface area contributed by atoms with Crippen molar-refractivity contribution in [3.8, 4) is 5.75 Å². The molecule has 0 unspecified atom stereocenters. The van der Waals surface area contributed by atoms with Crippen molar-refractivity contribution in [2.75, 3.05) is 44.7 Å². The molecule has 5 nitrogen and oxygen atoms in total. The minimum atomic E-state index is 0.0323. The van der Waals surface area contributed by atoms with E-state index in [9.17, 15) is 4.79 Å². The second-order valence-corrected chi connectivity index (χ2v) is 7.24. The summed E-state index contributed by atoms with van der Waals surface area (Å²) in [4.78, 5) is 20.7. The molecule has 28 heavy (non-hydrogen) atoms. The number of aromatic amines is 1. The average Bonchev–Trinajstić information content (AvgIpc) is 2.78. The Morgan fingerprint density at radius 3 is 2.50 bits per heavy atom. The molecule has 1 fully saturated rings. The summed E-state index contributed by atoms with van der Waals surface area (Å²) >= 11 is 0. The number of quaternary nitrogens is 1. The number of carbonyl (C=O) groups excluding carboxylic acids is 1. The fourth-order valence-electron chi connectivity index (χ4n) is 3.99. The first kappa shape index (κ1) is 18.4. The number of methoxy groups -OCH3 is 1. The number of hydrogen-bond donors (Lipinski definition) is 1. The predicted molar refractivity (Wildman–Crippen MR) is 110 cm³/mol. The Hall–Kier alpha value is -2.92. The maximum atomic E-state index is 13.4. The van der Waals surface area contributed by atoms with Gasteiger partial charge in [0, 0.05) is 11.6 Å². The van der Waals surface area contributed by atoms with Crippen LogP contribution in [0.5, 0.6) is 5.75 Å². The number of hydrogen-bond acceptors (Lipinski definition) is 3. The minimum Gasteiger partial charge on any atom is -0.497 e. The number of ether oxygens (including phenoxy) is 1. The van der Waals surface area contributed by atoms with E-state index in [0.717, 1.165) is 60.6 Å².